The van der Waals surface area contributed by atoms with E-state index in [4.69, 9.17) is 4.74 Å². The molecule has 2 N–H and O–H groups in total. The molecular formula is C22H26N4O. The van der Waals surface area contributed by atoms with Crippen molar-refractivity contribution >= 4 is 17.5 Å². The molecule has 0 atom stereocenters. The van der Waals surface area contributed by atoms with Crippen LogP contribution in [0, 0.1) is 5.92 Å². The summed E-state index contributed by atoms with van der Waals surface area (Å²) in [5.41, 5.74) is 2.80. The van der Waals surface area contributed by atoms with Crippen LogP contribution in [-0.4, -0.2) is 23.1 Å². The summed E-state index contributed by atoms with van der Waals surface area (Å²) in [4.78, 5) is 9.32. The summed E-state index contributed by atoms with van der Waals surface area (Å²) in [7, 11) is 0. The fourth-order valence-corrected chi connectivity index (χ4v) is 2.63. The maximum absolute atomic E-state index is 5.71. The highest BCUT2D eigenvalue weighted by molar-refractivity contribution is 5.69. The Bertz CT molecular complexity index is 865. The van der Waals surface area contributed by atoms with Gasteiger partial charge in [0.1, 0.15) is 11.6 Å². The molecule has 2 aromatic carbocycles. The summed E-state index contributed by atoms with van der Waals surface area (Å²) in [5, 5.41) is 6.71. The Morgan fingerprint density at radius 1 is 0.963 bits per heavy atom. The lowest BCUT2D eigenvalue weighted by Crippen LogP contribution is -2.12. The average Bonchev–Trinajstić information content (AvgIpc) is 2.69. The maximum atomic E-state index is 5.71. The molecule has 0 radical (unpaired) electrons. The predicted octanol–water partition coefficient (Wildman–Crippen LogP) is 5.35. The molecule has 0 aliphatic rings. The van der Waals surface area contributed by atoms with Crippen LogP contribution in [0.4, 0.5) is 17.5 Å². The van der Waals surface area contributed by atoms with Gasteiger partial charge < -0.3 is 15.4 Å². The maximum Gasteiger partial charge on any atom is 0.225 e. The molecule has 0 saturated carbocycles. The van der Waals surface area contributed by atoms with E-state index in [2.05, 4.69) is 34.4 Å². The van der Waals surface area contributed by atoms with E-state index in [-0.39, 0.29) is 0 Å². The largest absolute Gasteiger partial charge is 0.492 e. The van der Waals surface area contributed by atoms with E-state index in [0.717, 1.165) is 35.1 Å². The Hall–Kier alpha value is -3.08. The van der Waals surface area contributed by atoms with E-state index in [1.54, 1.807) is 0 Å². The number of anilines is 3. The van der Waals surface area contributed by atoms with Gasteiger partial charge in [-0.05, 0) is 25.0 Å². The van der Waals surface area contributed by atoms with Crippen molar-refractivity contribution in [3.8, 4) is 17.0 Å². The van der Waals surface area contributed by atoms with E-state index in [9.17, 15) is 0 Å². The standard InChI is InChI=1S/C22H26N4O/c1-4-27-20-13-9-8-12-18(20)24-21-14-19(17-10-6-5-7-11-17)25-22(26-21)23-15-16(2)3/h5-14,16H,4,15H2,1-3H3,(H2,23,24,25,26). The summed E-state index contributed by atoms with van der Waals surface area (Å²) < 4.78 is 5.71. The Morgan fingerprint density at radius 3 is 2.44 bits per heavy atom. The first kappa shape index (κ1) is 18.7. The van der Waals surface area contributed by atoms with Gasteiger partial charge >= 0.3 is 0 Å². The van der Waals surface area contributed by atoms with Crippen LogP contribution in [0.25, 0.3) is 11.3 Å². The van der Waals surface area contributed by atoms with Gasteiger partial charge in [-0.3, -0.25) is 0 Å². The van der Waals surface area contributed by atoms with E-state index in [1.165, 1.54) is 0 Å². The fourth-order valence-electron chi connectivity index (χ4n) is 2.63. The Kier molecular flexibility index (Phi) is 6.26. The number of hydrogen-bond acceptors (Lipinski definition) is 5. The molecule has 1 heterocycles. The van der Waals surface area contributed by atoms with Crippen LogP contribution in [0.15, 0.2) is 60.7 Å². The van der Waals surface area contributed by atoms with Gasteiger partial charge in [-0.25, -0.2) is 4.98 Å². The van der Waals surface area contributed by atoms with Gasteiger partial charge in [-0.1, -0.05) is 56.3 Å². The summed E-state index contributed by atoms with van der Waals surface area (Å²) in [5.74, 6) is 2.64. The fraction of sp³-hybridized carbons (Fsp3) is 0.273. The van der Waals surface area contributed by atoms with E-state index in [1.807, 2.05) is 67.6 Å². The number of hydrogen-bond donors (Lipinski definition) is 2. The summed E-state index contributed by atoms with van der Waals surface area (Å²) in [6.45, 7) is 7.71. The zero-order valence-electron chi connectivity index (χ0n) is 16.1. The van der Waals surface area contributed by atoms with Crippen molar-refractivity contribution in [2.75, 3.05) is 23.8 Å². The second-order valence-electron chi connectivity index (χ2n) is 6.66. The van der Waals surface area contributed by atoms with Crippen LogP contribution in [0.3, 0.4) is 0 Å². The molecule has 0 aliphatic heterocycles. The van der Waals surface area contributed by atoms with E-state index in [0.29, 0.717) is 18.5 Å². The molecular weight excluding hydrogens is 336 g/mol. The monoisotopic (exact) mass is 362 g/mol. The lowest BCUT2D eigenvalue weighted by Gasteiger charge is -2.14. The minimum absolute atomic E-state index is 0.504. The minimum Gasteiger partial charge on any atom is -0.492 e. The molecule has 5 heteroatoms. The van der Waals surface area contributed by atoms with Gasteiger partial charge in [-0.15, -0.1) is 0 Å². The number of rotatable bonds is 8. The summed E-state index contributed by atoms with van der Waals surface area (Å²) in [6.07, 6.45) is 0. The van der Waals surface area contributed by atoms with Crippen molar-refractivity contribution in [1.29, 1.82) is 0 Å². The van der Waals surface area contributed by atoms with Crippen LogP contribution in [-0.2, 0) is 0 Å². The van der Waals surface area contributed by atoms with Gasteiger partial charge in [0.25, 0.3) is 0 Å². The molecule has 0 spiro atoms. The zero-order chi connectivity index (χ0) is 19.1. The van der Waals surface area contributed by atoms with E-state index >= 15 is 0 Å². The van der Waals surface area contributed by atoms with Gasteiger partial charge in [0, 0.05) is 18.2 Å². The van der Waals surface area contributed by atoms with Crippen LogP contribution in [0.5, 0.6) is 5.75 Å². The number of nitrogens with one attached hydrogen (secondary N) is 2. The van der Waals surface area contributed by atoms with Crippen molar-refractivity contribution in [2.24, 2.45) is 5.92 Å². The predicted molar refractivity (Wildman–Crippen MR) is 112 cm³/mol. The van der Waals surface area contributed by atoms with Gasteiger partial charge in [-0.2, -0.15) is 4.98 Å². The highest BCUT2D eigenvalue weighted by atomic mass is 16.5. The normalized spacial score (nSPS) is 10.7. The summed E-state index contributed by atoms with van der Waals surface area (Å²) >= 11 is 0. The van der Waals surface area contributed by atoms with Crippen molar-refractivity contribution in [3.63, 3.8) is 0 Å². The van der Waals surface area contributed by atoms with Crippen LogP contribution in [0.1, 0.15) is 20.8 Å². The number of benzene rings is 2. The van der Waals surface area contributed by atoms with Crippen molar-refractivity contribution in [3.05, 3.63) is 60.7 Å². The molecule has 1 aromatic heterocycles. The number of ether oxygens (including phenoxy) is 1. The SMILES string of the molecule is CCOc1ccccc1Nc1cc(-c2ccccc2)nc(NCC(C)C)n1. The highest BCUT2D eigenvalue weighted by Crippen LogP contribution is 2.29. The first-order valence-corrected chi connectivity index (χ1v) is 9.33. The summed E-state index contributed by atoms with van der Waals surface area (Å²) in [6, 6.07) is 19.9. The molecule has 140 valence electrons. The van der Waals surface area contributed by atoms with Crippen LogP contribution in [0.2, 0.25) is 0 Å². The highest BCUT2D eigenvalue weighted by Gasteiger charge is 2.09. The number of aromatic nitrogens is 2. The topological polar surface area (TPSA) is 59.1 Å². The third kappa shape index (κ3) is 5.20. The lowest BCUT2D eigenvalue weighted by atomic mass is 10.1. The third-order valence-corrected chi connectivity index (χ3v) is 3.91. The smallest absolute Gasteiger partial charge is 0.225 e. The molecule has 0 amide bonds. The molecule has 27 heavy (non-hydrogen) atoms. The third-order valence-electron chi connectivity index (χ3n) is 3.91. The minimum atomic E-state index is 0.504. The Morgan fingerprint density at radius 2 is 1.70 bits per heavy atom. The van der Waals surface area contributed by atoms with Crippen molar-refractivity contribution in [2.45, 2.75) is 20.8 Å². The van der Waals surface area contributed by atoms with Gasteiger partial charge in [0.05, 0.1) is 18.0 Å². The van der Waals surface area contributed by atoms with Crippen LogP contribution < -0.4 is 15.4 Å². The molecule has 3 rings (SSSR count). The van der Waals surface area contributed by atoms with Gasteiger partial charge in [0.2, 0.25) is 5.95 Å². The second kappa shape index (κ2) is 9.03. The molecule has 0 fully saturated rings. The molecule has 0 bridgehead atoms. The average molecular weight is 362 g/mol. The number of nitrogens with zero attached hydrogens (tertiary/aromatic N) is 2. The quantitative estimate of drug-likeness (QED) is 0.565. The number of para-hydroxylation sites is 2. The molecule has 0 aliphatic carbocycles. The van der Waals surface area contributed by atoms with Crippen molar-refractivity contribution in [1.82, 2.24) is 9.97 Å². The first-order valence-electron chi connectivity index (χ1n) is 9.33. The lowest BCUT2D eigenvalue weighted by molar-refractivity contribution is 0.342. The Labute approximate surface area is 160 Å². The van der Waals surface area contributed by atoms with Crippen LogP contribution >= 0.6 is 0 Å². The second-order valence-corrected chi connectivity index (χ2v) is 6.66. The van der Waals surface area contributed by atoms with Crippen molar-refractivity contribution < 1.29 is 4.74 Å². The van der Waals surface area contributed by atoms with Gasteiger partial charge in [0.15, 0.2) is 0 Å². The molecule has 0 saturated heterocycles. The van der Waals surface area contributed by atoms with E-state index < -0.39 is 0 Å². The first-order chi connectivity index (χ1) is 13.2. The molecule has 3 aromatic rings. The zero-order valence-corrected chi connectivity index (χ0v) is 16.1. The molecule has 0 unspecified atom stereocenters. The molecule has 5 nitrogen and oxygen atoms in total. The Balaban J connectivity index is 1.95.